The summed E-state index contributed by atoms with van der Waals surface area (Å²) in [4.78, 5) is 0. The highest BCUT2D eigenvalue weighted by atomic mass is 35.5. The van der Waals surface area contributed by atoms with E-state index in [1.165, 1.54) is 0 Å². The number of rotatable bonds is 3. The highest BCUT2D eigenvalue weighted by Crippen LogP contribution is 2.39. The minimum atomic E-state index is -0.00810. The Morgan fingerprint density at radius 1 is 1.64 bits per heavy atom. The molecule has 1 aromatic rings. The highest BCUT2D eigenvalue weighted by Gasteiger charge is 2.35. The average Bonchev–Trinajstić information content (AvgIpc) is 2.85. The summed E-state index contributed by atoms with van der Waals surface area (Å²) in [6, 6.07) is 3.80. The molecule has 2 rings (SSSR count). The molecule has 1 saturated heterocycles. The van der Waals surface area contributed by atoms with E-state index < -0.39 is 0 Å². The van der Waals surface area contributed by atoms with E-state index in [1.54, 1.807) is 6.26 Å². The predicted molar refractivity (Wildman–Crippen MR) is 55.3 cm³/mol. The van der Waals surface area contributed by atoms with Gasteiger partial charge in [-0.15, -0.1) is 18.2 Å². The van der Waals surface area contributed by atoms with Gasteiger partial charge in [0.1, 0.15) is 11.9 Å². The van der Waals surface area contributed by atoms with E-state index in [9.17, 15) is 0 Å². The van der Waals surface area contributed by atoms with Crippen molar-refractivity contribution in [2.75, 3.05) is 5.88 Å². The van der Waals surface area contributed by atoms with Crippen LogP contribution in [0.4, 0.5) is 0 Å². The topological polar surface area (TPSA) is 22.4 Å². The van der Waals surface area contributed by atoms with Crippen molar-refractivity contribution in [3.63, 3.8) is 0 Å². The van der Waals surface area contributed by atoms with Gasteiger partial charge in [-0.2, -0.15) is 0 Å². The monoisotopic (exact) mass is 212 g/mol. The second kappa shape index (κ2) is 4.20. The minimum Gasteiger partial charge on any atom is -0.467 e. The Morgan fingerprint density at radius 2 is 2.50 bits per heavy atom. The fourth-order valence-electron chi connectivity index (χ4n) is 1.84. The summed E-state index contributed by atoms with van der Waals surface area (Å²) in [5.74, 6) is 1.70. The van der Waals surface area contributed by atoms with E-state index in [4.69, 9.17) is 20.8 Å². The maximum Gasteiger partial charge on any atom is 0.133 e. The van der Waals surface area contributed by atoms with Crippen LogP contribution in [0.15, 0.2) is 35.5 Å². The standard InChI is InChI=1S/C11H13ClO2/c1-2-8-6-9(7-12)14-11(8)10-4-3-5-13-10/h2-5,8-9,11H,1,6-7H2/t8-,9-,11+/m1/s1. The molecule has 3 heteroatoms. The molecule has 0 amide bonds. The zero-order chi connectivity index (χ0) is 9.97. The van der Waals surface area contributed by atoms with Gasteiger partial charge in [0.15, 0.2) is 0 Å². The molecule has 14 heavy (non-hydrogen) atoms. The van der Waals surface area contributed by atoms with Crippen LogP contribution in [-0.2, 0) is 4.74 Å². The molecule has 2 heterocycles. The largest absolute Gasteiger partial charge is 0.467 e. The number of halogens is 1. The van der Waals surface area contributed by atoms with Crippen LogP contribution < -0.4 is 0 Å². The van der Waals surface area contributed by atoms with Crippen LogP contribution in [0.2, 0.25) is 0 Å². The van der Waals surface area contributed by atoms with Gasteiger partial charge in [0, 0.05) is 11.8 Å². The maximum absolute atomic E-state index is 5.77. The van der Waals surface area contributed by atoms with Crippen LogP contribution in [0.1, 0.15) is 18.3 Å². The summed E-state index contributed by atoms with van der Waals surface area (Å²) in [7, 11) is 0. The van der Waals surface area contributed by atoms with E-state index in [2.05, 4.69) is 6.58 Å². The Labute approximate surface area is 88.5 Å². The number of ether oxygens (including phenoxy) is 1. The van der Waals surface area contributed by atoms with E-state index in [-0.39, 0.29) is 12.2 Å². The lowest BCUT2D eigenvalue weighted by Crippen LogP contribution is -2.07. The summed E-state index contributed by atoms with van der Waals surface area (Å²) in [6.45, 7) is 3.81. The summed E-state index contributed by atoms with van der Waals surface area (Å²) in [5.41, 5.74) is 0. The average molecular weight is 213 g/mol. The molecule has 0 aromatic carbocycles. The maximum atomic E-state index is 5.77. The smallest absolute Gasteiger partial charge is 0.133 e. The third-order valence-electron chi connectivity index (χ3n) is 2.56. The van der Waals surface area contributed by atoms with E-state index in [0.717, 1.165) is 12.2 Å². The number of hydrogen-bond donors (Lipinski definition) is 0. The number of furan rings is 1. The van der Waals surface area contributed by atoms with Crippen molar-refractivity contribution in [2.45, 2.75) is 18.6 Å². The van der Waals surface area contributed by atoms with Crippen molar-refractivity contribution in [3.05, 3.63) is 36.8 Å². The van der Waals surface area contributed by atoms with Gasteiger partial charge in [0.25, 0.3) is 0 Å². The van der Waals surface area contributed by atoms with Gasteiger partial charge in [-0.3, -0.25) is 0 Å². The zero-order valence-corrected chi connectivity index (χ0v) is 8.61. The van der Waals surface area contributed by atoms with E-state index in [0.29, 0.717) is 11.8 Å². The lowest BCUT2D eigenvalue weighted by molar-refractivity contribution is 0.0362. The lowest BCUT2D eigenvalue weighted by Gasteiger charge is -2.12. The fourth-order valence-corrected chi connectivity index (χ4v) is 2.04. The van der Waals surface area contributed by atoms with Crippen molar-refractivity contribution in [1.82, 2.24) is 0 Å². The number of hydrogen-bond acceptors (Lipinski definition) is 2. The minimum absolute atomic E-state index is 0.00810. The third kappa shape index (κ3) is 1.72. The van der Waals surface area contributed by atoms with Crippen LogP contribution in [-0.4, -0.2) is 12.0 Å². The number of alkyl halides is 1. The summed E-state index contributed by atoms with van der Waals surface area (Å²) < 4.78 is 11.1. The first kappa shape index (κ1) is 9.81. The first-order valence-electron chi connectivity index (χ1n) is 4.72. The van der Waals surface area contributed by atoms with Crippen LogP contribution in [0, 0.1) is 5.92 Å². The molecule has 2 nitrogen and oxygen atoms in total. The molecule has 0 bridgehead atoms. The molecule has 76 valence electrons. The summed E-state index contributed by atoms with van der Waals surface area (Å²) in [6.07, 6.45) is 4.62. The van der Waals surface area contributed by atoms with Crippen molar-refractivity contribution in [2.24, 2.45) is 5.92 Å². The van der Waals surface area contributed by atoms with E-state index in [1.807, 2.05) is 18.2 Å². The molecule has 0 spiro atoms. The molecule has 0 unspecified atom stereocenters. The van der Waals surface area contributed by atoms with Crippen LogP contribution in [0.5, 0.6) is 0 Å². The van der Waals surface area contributed by atoms with Crippen LogP contribution in [0.3, 0.4) is 0 Å². The SMILES string of the molecule is C=C[C@@H]1C[C@H](CCl)O[C@@H]1c1ccco1. The molecular formula is C11H13ClO2. The van der Waals surface area contributed by atoms with Crippen molar-refractivity contribution in [3.8, 4) is 0 Å². The molecule has 0 N–H and O–H groups in total. The quantitative estimate of drug-likeness (QED) is 0.567. The van der Waals surface area contributed by atoms with Gasteiger partial charge < -0.3 is 9.15 Å². The Bertz CT molecular complexity index is 294. The molecule has 3 atom stereocenters. The zero-order valence-electron chi connectivity index (χ0n) is 7.86. The van der Waals surface area contributed by atoms with Gasteiger partial charge in [0.2, 0.25) is 0 Å². The molecule has 1 aliphatic rings. The first-order valence-corrected chi connectivity index (χ1v) is 5.26. The van der Waals surface area contributed by atoms with E-state index >= 15 is 0 Å². The Balaban J connectivity index is 2.14. The van der Waals surface area contributed by atoms with Crippen molar-refractivity contribution in [1.29, 1.82) is 0 Å². The summed E-state index contributed by atoms with van der Waals surface area (Å²) in [5, 5.41) is 0. The molecule has 0 radical (unpaired) electrons. The lowest BCUT2D eigenvalue weighted by atomic mass is 9.98. The third-order valence-corrected chi connectivity index (χ3v) is 2.91. The van der Waals surface area contributed by atoms with Gasteiger partial charge in [-0.1, -0.05) is 6.08 Å². The second-order valence-corrected chi connectivity index (χ2v) is 3.79. The first-order chi connectivity index (χ1) is 6.85. The van der Waals surface area contributed by atoms with Crippen molar-refractivity contribution < 1.29 is 9.15 Å². The van der Waals surface area contributed by atoms with Crippen LogP contribution in [0.25, 0.3) is 0 Å². The molecule has 0 aliphatic carbocycles. The molecule has 0 saturated carbocycles. The normalized spacial score (nSPS) is 31.9. The second-order valence-electron chi connectivity index (χ2n) is 3.48. The molecule has 1 fully saturated rings. The highest BCUT2D eigenvalue weighted by molar-refractivity contribution is 6.18. The van der Waals surface area contributed by atoms with Crippen molar-refractivity contribution >= 4 is 11.6 Å². The molecule has 1 aliphatic heterocycles. The molecule has 1 aromatic heterocycles. The predicted octanol–water partition coefficient (Wildman–Crippen LogP) is 3.15. The van der Waals surface area contributed by atoms with Gasteiger partial charge >= 0.3 is 0 Å². The van der Waals surface area contributed by atoms with Crippen LogP contribution >= 0.6 is 11.6 Å². The van der Waals surface area contributed by atoms with Gasteiger partial charge in [-0.05, 0) is 18.6 Å². The summed E-state index contributed by atoms with van der Waals surface area (Å²) >= 11 is 5.77. The Morgan fingerprint density at radius 3 is 3.07 bits per heavy atom. The Hall–Kier alpha value is -0.730. The van der Waals surface area contributed by atoms with Gasteiger partial charge in [-0.25, -0.2) is 0 Å². The fraction of sp³-hybridized carbons (Fsp3) is 0.455. The molecular weight excluding hydrogens is 200 g/mol. The Kier molecular flexibility index (Phi) is 2.94. The van der Waals surface area contributed by atoms with Gasteiger partial charge in [0.05, 0.1) is 12.4 Å².